The predicted molar refractivity (Wildman–Crippen MR) is 68.5 cm³/mol. The largest absolute Gasteiger partial charge is 0.340 e. The van der Waals surface area contributed by atoms with Crippen LogP contribution in [0.5, 0.6) is 0 Å². The van der Waals surface area contributed by atoms with Crippen molar-refractivity contribution in [1.82, 2.24) is 15.5 Å². The van der Waals surface area contributed by atoms with E-state index >= 15 is 0 Å². The lowest BCUT2D eigenvalue weighted by atomic mass is 10.3. The number of thiophene rings is 1. The van der Waals surface area contributed by atoms with Gasteiger partial charge in [-0.25, -0.2) is 0 Å². The highest BCUT2D eigenvalue weighted by Gasteiger charge is 2.17. The number of hydrogen-bond acceptors (Lipinski definition) is 4. The third-order valence-electron chi connectivity index (χ3n) is 2.24. The number of H-pyrrole nitrogens is 1. The topological polar surface area (TPSA) is 86.9 Å². The molecule has 0 aliphatic rings. The van der Waals surface area contributed by atoms with Gasteiger partial charge in [0.05, 0.1) is 11.1 Å². The van der Waals surface area contributed by atoms with Crippen LogP contribution in [0, 0.1) is 0 Å². The van der Waals surface area contributed by atoms with E-state index in [4.69, 9.17) is 0 Å². The number of anilines is 1. The predicted octanol–water partition coefficient (Wildman–Crippen LogP) is 1.23. The summed E-state index contributed by atoms with van der Waals surface area (Å²) in [5.74, 6) is -0.0568. The average Bonchev–Trinajstić information content (AvgIpc) is 3.01. The van der Waals surface area contributed by atoms with Crippen molar-refractivity contribution in [1.29, 1.82) is 0 Å². The van der Waals surface area contributed by atoms with Gasteiger partial charge in [-0.15, -0.1) is 11.3 Å². The molecular weight excluding hydrogens is 252 g/mol. The Morgan fingerprint density at radius 3 is 2.89 bits per heavy atom. The third-order valence-corrected chi connectivity index (χ3v) is 3.11. The minimum Gasteiger partial charge on any atom is -0.340 e. The van der Waals surface area contributed by atoms with E-state index in [1.165, 1.54) is 17.5 Å². The number of nitrogens with zero attached hydrogens (tertiary/aromatic N) is 1. The zero-order valence-electron chi connectivity index (χ0n) is 9.64. The van der Waals surface area contributed by atoms with Crippen LogP contribution in [-0.2, 0) is 4.79 Å². The van der Waals surface area contributed by atoms with Crippen molar-refractivity contribution in [3.8, 4) is 0 Å². The fourth-order valence-corrected chi connectivity index (χ4v) is 1.93. The van der Waals surface area contributed by atoms with E-state index in [1.807, 2.05) is 5.38 Å². The Labute approximate surface area is 107 Å². The van der Waals surface area contributed by atoms with E-state index in [9.17, 15) is 9.59 Å². The van der Waals surface area contributed by atoms with Gasteiger partial charge in [-0.3, -0.25) is 14.7 Å². The summed E-state index contributed by atoms with van der Waals surface area (Å²) in [5.41, 5.74) is 0. The quantitative estimate of drug-likeness (QED) is 0.776. The van der Waals surface area contributed by atoms with Crippen LogP contribution in [0.1, 0.15) is 16.6 Å². The van der Waals surface area contributed by atoms with E-state index in [0.29, 0.717) is 10.7 Å². The van der Waals surface area contributed by atoms with E-state index in [2.05, 4.69) is 20.8 Å². The highest BCUT2D eigenvalue weighted by atomic mass is 32.1. The number of rotatable bonds is 4. The number of hydrogen-bond donors (Lipinski definition) is 3. The lowest BCUT2D eigenvalue weighted by molar-refractivity contribution is -0.117. The lowest BCUT2D eigenvalue weighted by Crippen LogP contribution is -2.41. The van der Waals surface area contributed by atoms with Gasteiger partial charge in [0.15, 0.2) is 0 Å². The number of nitrogens with one attached hydrogen (secondary N) is 3. The van der Waals surface area contributed by atoms with Crippen LogP contribution in [0.25, 0.3) is 0 Å². The highest BCUT2D eigenvalue weighted by molar-refractivity contribution is 7.12. The van der Waals surface area contributed by atoms with Gasteiger partial charge in [-0.05, 0) is 18.4 Å². The molecule has 2 rings (SSSR count). The average molecular weight is 264 g/mol. The fraction of sp³-hybridized carbons (Fsp3) is 0.182. The Balaban J connectivity index is 1.89. The molecule has 0 saturated heterocycles. The van der Waals surface area contributed by atoms with Crippen molar-refractivity contribution in [2.75, 3.05) is 5.32 Å². The first kappa shape index (κ1) is 12.3. The molecule has 2 aromatic heterocycles. The SMILES string of the molecule is C[C@H](NC(=O)c1cccs1)C(=O)Nc1ccn[nH]1. The molecule has 0 aromatic carbocycles. The monoisotopic (exact) mass is 264 g/mol. The summed E-state index contributed by atoms with van der Waals surface area (Å²) in [5, 5.41) is 13.4. The Morgan fingerprint density at radius 2 is 2.28 bits per heavy atom. The first-order chi connectivity index (χ1) is 8.66. The van der Waals surface area contributed by atoms with Crippen LogP contribution in [0.4, 0.5) is 5.82 Å². The van der Waals surface area contributed by atoms with Crippen molar-refractivity contribution in [2.45, 2.75) is 13.0 Å². The number of carbonyl (C=O) groups is 2. The van der Waals surface area contributed by atoms with Crippen LogP contribution >= 0.6 is 11.3 Å². The molecule has 2 aromatic rings. The third kappa shape index (κ3) is 2.95. The second-order valence-corrected chi connectivity index (χ2v) is 4.58. The Morgan fingerprint density at radius 1 is 1.44 bits per heavy atom. The van der Waals surface area contributed by atoms with Gasteiger partial charge in [-0.1, -0.05) is 6.07 Å². The van der Waals surface area contributed by atoms with Crippen LogP contribution < -0.4 is 10.6 Å². The second kappa shape index (κ2) is 5.46. The number of aromatic amines is 1. The highest BCUT2D eigenvalue weighted by Crippen LogP contribution is 2.08. The van der Waals surface area contributed by atoms with Gasteiger partial charge in [0.25, 0.3) is 5.91 Å². The lowest BCUT2D eigenvalue weighted by Gasteiger charge is -2.12. The Bertz CT molecular complexity index is 521. The molecule has 94 valence electrons. The standard InChI is InChI=1S/C11H12N4O2S/c1-7(10(16)14-9-4-5-12-15-9)13-11(17)8-3-2-6-18-8/h2-7H,1H3,(H,13,17)(H2,12,14,15,16)/t7-/m0/s1. The summed E-state index contributed by atoms with van der Waals surface area (Å²) in [4.78, 5) is 24.0. The molecule has 0 radical (unpaired) electrons. The summed E-state index contributed by atoms with van der Waals surface area (Å²) >= 11 is 1.33. The molecule has 2 amide bonds. The van der Waals surface area contributed by atoms with Gasteiger partial charge in [0.1, 0.15) is 11.9 Å². The zero-order valence-corrected chi connectivity index (χ0v) is 10.5. The van der Waals surface area contributed by atoms with Crippen molar-refractivity contribution in [3.63, 3.8) is 0 Å². The minimum atomic E-state index is -0.622. The molecule has 0 aliphatic carbocycles. The van der Waals surface area contributed by atoms with Gasteiger partial charge >= 0.3 is 0 Å². The van der Waals surface area contributed by atoms with E-state index in [1.54, 1.807) is 25.1 Å². The smallest absolute Gasteiger partial charge is 0.261 e. The normalized spacial score (nSPS) is 11.8. The summed E-state index contributed by atoms with van der Waals surface area (Å²) in [6, 6.07) is 4.50. The van der Waals surface area contributed by atoms with Gasteiger partial charge in [0, 0.05) is 6.07 Å². The zero-order chi connectivity index (χ0) is 13.0. The van der Waals surface area contributed by atoms with Crippen LogP contribution in [-0.4, -0.2) is 28.1 Å². The summed E-state index contributed by atoms with van der Waals surface area (Å²) in [6.07, 6.45) is 1.53. The maximum absolute atomic E-state index is 11.7. The molecule has 3 N–H and O–H groups in total. The summed E-state index contributed by atoms with van der Waals surface area (Å²) < 4.78 is 0. The molecule has 0 saturated carbocycles. The van der Waals surface area contributed by atoms with Gasteiger partial charge in [0.2, 0.25) is 5.91 Å². The van der Waals surface area contributed by atoms with Gasteiger partial charge < -0.3 is 10.6 Å². The van der Waals surface area contributed by atoms with Crippen molar-refractivity contribution < 1.29 is 9.59 Å². The molecule has 0 spiro atoms. The molecule has 0 bridgehead atoms. The molecular formula is C11H12N4O2S. The first-order valence-electron chi connectivity index (χ1n) is 5.31. The number of carbonyl (C=O) groups excluding carboxylic acids is 2. The molecule has 0 fully saturated rings. The maximum Gasteiger partial charge on any atom is 0.261 e. The van der Waals surface area contributed by atoms with Crippen molar-refractivity contribution in [2.24, 2.45) is 0 Å². The maximum atomic E-state index is 11.7. The summed E-state index contributed by atoms with van der Waals surface area (Å²) in [7, 11) is 0. The number of amides is 2. The molecule has 1 atom stereocenters. The molecule has 0 aliphatic heterocycles. The van der Waals surface area contributed by atoms with E-state index < -0.39 is 6.04 Å². The van der Waals surface area contributed by atoms with Crippen LogP contribution in [0.2, 0.25) is 0 Å². The van der Waals surface area contributed by atoms with E-state index in [0.717, 1.165) is 0 Å². The van der Waals surface area contributed by atoms with Crippen molar-refractivity contribution in [3.05, 3.63) is 34.7 Å². The fourth-order valence-electron chi connectivity index (χ4n) is 1.31. The second-order valence-electron chi connectivity index (χ2n) is 3.63. The van der Waals surface area contributed by atoms with Crippen LogP contribution in [0.3, 0.4) is 0 Å². The Kier molecular flexibility index (Phi) is 3.73. The molecule has 0 unspecified atom stereocenters. The molecule has 2 heterocycles. The summed E-state index contributed by atoms with van der Waals surface area (Å²) in [6.45, 7) is 1.62. The molecule has 18 heavy (non-hydrogen) atoms. The Hall–Kier alpha value is -2.15. The first-order valence-corrected chi connectivity index (χ1v) is 6.19. The van der Waals surface area contributed by atoms with Crippen molar-refractivity contribution >= 4 is 29.0 Å². The van der Waals surface area contributed by atoms with Crippen LogP contribution in [0.15, 0.2) is 29.8 Å². The molecule has 7 heteroatoms. The molecule has 6 nitrogen and oxygen atoms in total. The number of aromatic nitrogens is 2. The van der Waals surface area contributed by atoms with E-state index in [-0.39, 0.29) is 11.8 Å². The minimum absolute atomic E-state index is 0.253. The van der Waals surface area contributed by atoms with Gasteiger partial charge in [-0.2, -0.15) is 5.10 Å².